The maximum Gasteiger partial charge on any atom is 0.223 e. The van der Waals surface area contributed by atoms with E-state index < -0.39 is 0 Å². The second kappa shape index (κ2) is 5.12. The summed E-state index contributed by atoms with van der Waals surface area (Å²) in [5.74, 6) is 0.181. The van der Waals surface area contributed by atoms with Crippen molar-refractivity contribution in [2.45, 2.75) is 32.2 Å². The van der Waals surface area contributed by atoms with Crippen molar-refractivity contribution < 1.29 is 9.53 Å². The third kappa shape index (κ3) is 2.95. The predicted molar refractivity (Wildman–Crippen MR) is 59.6 cm³/mol. The molecule has 0 aromatic rings. The first-order valence-electron chi connectivity index (χ1n) is 5.05. The number of amides is 1. The van der Waals surface area contributed by atoms with Gasteiger partial charge in [0.05, 0.1) is 5.54 Å². The van der Waals surface area contributed by atoms with E-state index in [0.717, 1.165) is 31.4 Å². The second-order valence-electron chi connectivity index (χ2n) is 4.17. The first-order chi connectivity index (χ1) is 6.59. The Hall–Kier alpha value is -0.0900. The van der Waals surface area contributed by atoms with Gasteiger partial charge >= 0.3 is 0 Å². The molecule has 14 heavy (non-hydrogen) atoms. The van der Waals surface area contributed by atoms with Crippen LogP contribution >= 0.6 is 15.9 Å². The van der Waals surface area contributed by atoms with Crippen molar-refractivity contribution in [2.75, 3.05) is 18.5 Å². The molecule has 1 saturated heterocycles. The van der Waals surface area contributed by atoms with Crippen LogP contribution in [0.3, 0.4) is 0 Å². The molecule has 0 unspecified atom stereocenters. The predicted octanol–water partition coefficient (Wildman–Crippen LogP) is 1.70. The molecule has 1 fully saturated rings. The molecule has 0 aromatic heterocycles. The molecule has 0 radical (unpaired) electrons. The fourth-order valence-corrected chi connectivity index (χ4v) is 2.16. The van der Waals surface area contributed by atoms with E-state index in [1.165, 1.54) is 0 Å². The van der Waals surface area contributed by atoms with E-state index in [2.05, 4.69) is 21.2 Å². The quantitative estimate of drug-likeness (QED) is 0.788. The van der Waals surface area contributed by atoms with Crippen LogP contribution < -0.4 is 5.32 Å². The van der Waals surface area contributed by atoms with Crippen molar-refractivity contribution >= 4 is 21.8 Å². The van der Waals surface area contributed by atoms with Gasteiger partial charge in [-0.3, -0.25) is 4.79 Å². The van der Waals surface area contributed by atoms with E-state index in [-0.39, 0.29) is 17.4 Å². The average molecular weight is 264 g/mol. The van der Waals surface area contributed by atoms with E-state index in [0.29, 0.717) is 0 Å². The van der Waals surface area contributed by atoms with E-state index in [9.17, 15) is 4.79 Å². The van der Waals surface area contributed by atoms with Gasteiger partial charge in [0.2, 0.25) is 5.91 Å². The van der Waals surface area contributed by atoms with Gasteiger partial charge in [-0.05, 0) is 12.8 Å². The maximum atomic E-state index is 11.6. The molecular formula is C10H18BrNO2. The van der Waals surface area contributed by atoms with Crippen LogP contribution in [0.4, 0.5) is 0 Å². The van der Waals surface area contributed by atoms with Crippen molar-refractivity contribution in [3.05, 3.63) is 0 Å². The summed E-state index contributed by atoms with van der Waals surface area (Å²) < 4.78 is 5.30. The number of rotatable bonds is 3. The molecule has 4 heteroatoms. The van der Waals surface area contributed by atoms with Gasteiger partial charge < -0.3 is 10.1 Å². The molecule has 3 nitrogen and oxygen atoms in total. The van der Waals surface area contributed by atoms with Crippen LogP contribution in [-0.2, 0) is 9.53 Å². The minimum absolute atomic E-state index is 0.0498. The van der Waals surface area contributed by atoms with Gasteiger partial charge in [-0.15, -0.1) is 0 Å². The number of alkyl halides is 1. The Morgan fingerprint density at radius 1 is 1.50 bits per heavy atom. The molecule has 1 aliphatic rings. The van der Waals surface area contributed by atoms with Gasteiger partial charge in [-0.1, -0.05) is 29.8 Å². The molecule has 82 valence electrons. The Bertz CT molecular complexity index is 200. The topological polar surface area (TPSA) is 38.3 Å². The summed E-state index contributed by atoms with van der Waals surface area (Å²) in [6, 6.07) is 0. The lowest BCUT2D eigenvalue weighted by atomic mass is 9.92. The van der Waals surface area contributed by atoms with Crippen LogP contribution in [0.15, 0.2) is 0 Å². The summed E-state index contributed by atoms with van der Waals surface area (Å²) in [5.41, 5.74) is -0.0837. The van der Waals surface area contributed by atoms with E-state index >= 15 is 0 Å². The Balaban J connectivity index is 2.56. The Kier molecular flexibility index (Phi) is 4.38. The zero-order valence-electron chi connectivity index (χ0n) is 8.81. The number of hydrogen-bond acceptors (Lipinski definition) is 2. The number of halogens is 1. The van der Waals surface area contributed by atoms with Crippen LogP contribution in [0, 0.1) is 5.92 Å². The van der Waals surface area contributed by atoms with Gasteiger partial charge in [0.25, 0.3) is 0 Å². The van der Waals surface area contributed by atoms with Gasteiger partial charge in [0, 0.05) is 24.5 Å². The molecule has 1 aliphatic heterocycles. The lowest BCUT2D eigenvalue weighted by Crippen LogP contribution is -2.54. The first-order valence-corrected chi connectivity index (χ1v) is 6.17. The van der Waals surface area contributed by atoms with E-state index in [1.807, 2.05) is 13.8 Å². The summed E-state index contributed by atoms with van der Waals surface area (Å²) in [7, 11) is 0. The highest BCUT2D eigenvalue weighted by atomic mass is 79.9. The fourth-order valence-electron chi connectivity index (χ4n) is 1.46. The molecule has 1 amide bonds. The number of carbonyl (C=O) groups excluding carboxylic acids is 1. The Morgan fingerprint density at radius 3 is 2.50 bits per heavy atom. The molecule has 0 spiro atoms. The largest absolute Gasteiger partial charge is 0.381 e. The van der Waals surface area contributed by atoms with Crippen molar-refractivity contribution in [3.63, 3.8) is 0 Å². The lowest BCUT2D eigenvalue weighted by Gasteiger charge is -2.37. The summed E-state index contributed by atoms with van der Waals surface area (Å²) in [4.78, 5) is 11.6. The summed E-state index contributed by atoms with van der Waals surface area (Å²) in [6.45, 7) is 5.31. The minimum atomic E-state index is -0.0837. The molecule has 0 bridgehead atoms. The maximum absolute atomic E-state index is 11.6. The summed E-state index contributed by atoms with van der Waals surface area (Å²) in [6.07, 6.45) is 1.80. The third-order valence-electron chi connectivity index (χ3n) is 2.62. The lowest BCUT2D eigenvalue weighted by molar-refractivity contribution is -0.126. The van der Waals surface area contributed by atoms with Crippen LogP contribution in [0.1, 0.15) is 26.7 Å². The third-order valence-corrected chi connectivity index (χ3v) is 3.69. The molecule has 0 aromatic carbocycles. The highest BCUT2D eigenvalue weighted by molar-refractivity contribution is 9.09. The van der Waals surface area contributed by atoms with Crippen LogP contribution in [0.25, 0.3) is 0 Å². The van der Waals surface area contributed by atoms with E-state index in [1.54, 1.807) is 0 Å². The SMILES string of the molecule is CC(C)C(=O)NC1(CBr)CCOCC1. The normalized spacial score (nSPS) is 20.9. The van der Waals surface area contributed by atoms with Gasteiger partial charge in [0.15, 0.2) is 0 Å². The zero-order chi connectivity index (χ0) is 10.6. The molecule has 1 rings (SSSR count). The second-order valence-corrected chi connectivity index (χ2v) is 4.73. The van der Waals surface area contributed by atoms with E-state index in [4.69, 9.17) is 4.74 Å². The van der Waals surface area contributed by atoms with Crippen molar-refractivity contribution in [1.82, 2.24) is 5.32 Å². The number of nitrogens with one attached hydrogen (secondary N) is 1. The zero-order valence-corrected chi connectivity index (χ0v) is 10.4. The minimum Gasteiger partial charge on any atom is -0.381 e. The Morgan fingerprint density at radius 2 is 2.07 bits per heavy atom. The fraction of sp³-hybridized carbons (Fsp3) is 0.900. The van der Waals surface area contributed by atoms with Gasteiger partial charge in [-0.2, -0.15) is 0 Å². The van der Waals surface area contributed by atoms with Crippen LogP contribution in [0.2, 0.25) is 0 Å². The number of ether oxygens (including phenoxy) is 1. The van der Waals surface area contributed by atoms with Crippen LogP contribution in [-0.4, -0.2) is 30.0 Å². The highest BCUT2D eigenvalue weighted by Gasteiger charge is 2.33. The molecule has 1 N–H and O–H groups in total. The van der Waals surface area contributed by atoms with Gasteiger partial charge in [0.1, 0.15) is 0 Å². The molecule has 0 atom stereocenters. The first kappa shape index (κ1) is 12.0. The molecular weight excluding hydrogens is 246 g/mol. The van der Waals surface area contributed by atoms with Crippen molar-refractivity contribution in [2.24, 2.45) is 5.92 Å². The molecule has 1 heterocycles. The van der Waals surface area contributed by atoms with Crippen molar-refractivity contribution in [1.29, 1.82) is 0 Å². The summed E-state index contributed by atoms with van der Waals surface area (Å²) in [5, 5.41) is 3.92. The highest BCUT2D eigenvalue weighted by Crippen LogP contribution is 2.23. The molecule has 0 saturated carbocycles. The van der Waals surface area contributed by atoms with Crippen molar-refractivity contribution in [3.8, 4) is 0 Å². The average Bonchev–Trinajstić information content (AvgIpc) is 2.19. The monoisotopic (exact) mass is 263 g/mol. The summed E-state index contributed by atoms with van der Waals surface area (Å²) >= 11 is 3.48. The van der Waals surface area contributed by atoms with Crippen LogP contribution in [0.5, 0.6) is 0 Å². The standard InChI is InChI=1S/C10H18BrNO2/c1-8(2)9(13)12-10(7-11)3-5-14-6-4-10/h8H,3-7H2,1-2H3,(H,12,13). The molecule has 0 aliphatic carbocycles. The van der Waals surface area contributed by atoms with Gasteiger partial charge in [-0.25, -0.2) is 0 Å². The number of carbonyl (C=O) groups is 1. The number of hydrogen-bond donors (Lipinski definition) is 1. The smallest absolute Gasteiger partial charge is 0.223 e. The Labute approximate surface area is 93.7 Å².